The van der Waals surface area contributed by atoms with E-state index in [0.717, 1.165) is 0 Å². The molecule has 1 rings (SSSR count). The minimum atomic E-state index is -0.185. The van der Waals surface area contributed by atoms with E-state index in [4.69, 9.17) is 5.41 Å². The summed E-state index contributed by atoms with van der Waals surface area (Å²) in [5.74, 6) is 0.275. The van der Waals surface area contributed by atoms with Gasteiger partial charge in [-0.15, -0.1) is 0 Å². The lowest BCUT2D eigenvalue weighted by atomic mass is 10.6. The second-order valence-electron chi connectivity index (χ2n) is 1.76. The number of likely N-dealkylation sites (N-methyl/N-ethyl adjacent to an activating group) is 1. The molecule has 0 saturated carbocycles. The summed E-state index contributed by atoms with van der Waals surface area (Å²) >= 11 is 0. The van der Waals surface area contributed by atoms with Crippen molar-refractivity contribution in [3.63, 3.8) is 0 Å². The lowest BCUT2D eigenvalue weighted by Gasteiger charge is -2.00. The molecule has 0 spiro atoms. The van der Waals surface area contributed by atoms with Gasteiger partial charge in [0.1, 0.15) is 5.84 Å². The Morgan fingerprint density at radius 2 is 2.10 bits per heavy atom. The van der Waals surface area contributed by atoms with Crippen LogP contribution in [0.5, 0.6) is 0 Å². The first-order chi connectivity index (χ1) is 4.70. The average Bonchev–Trinajstić information content (AvgIpc) is 2.16. The van der Waals surface area contributed by atoms with Crippen LogP contribution in [0, 0.1) is 5.41 Å². The first-order valence-corrected chi connectivity index (χ1v) is 3.29. The number of hydrogen-bond donors (Lipinski definition) is 2. The third-order valence-corrected chi connectivity index (χ3v) is 1.000. The quantitative estimate of drug-likeness (QED) is 0.513. The first kappa shape index (κ1) is 8.94. The Kier molecular flexibility index (Phi) is 3.46. The van der Waals surface area contributed by atoms with E-state index in [-0.39, 0.29) is 11.9 Å². The van der Waals surface area contributed by atoms with Crippen LogP contribution in [-0.2, 0) is 0 Å². The summed E-state index contributed by atoms with van der Waals surface area (Å²) < 4.78 is 0. The van der Waals surface area contributed by atoms with Gasteiger partial charge in [0.25, 0.3) is 0 Å². The minimum absolute atomic E-state index is 0.185. The fourth-order valence-corrected chi connectivity index (χ4v) is 0.573. The molecule has 1 saturated heterocycles. The number of amidine groups is 1. The first-order valence-electron chi connectivity index (χ1n) is 3.29. The van der Waals surface area contributed by atoms with Gasteiger partial charge in [-0.25, -0.2) is 4.79 Å². The highest BCUT2D eigenvalue weighted by Gasteiger charge is 2.18. The van der Waals surface area contributed by atoms with Gasteiger partial charge >= 0.3 is 6.03 Å². The highest BCUT2D eigenvalue weighted by atomic mass is 16.2. The SMILES string of the molecule is CC.CN1CC(=N)NC1=O. The van der Waals surface area contributed by atoms with Gasteiger partial charge in [-0.2, -0.15) is 0 Å². The molecule has 1 fully saturated rings. The highest BCUT2D eigenvalue weighted by Crippen LogP contribution is 1.91. The zero-order valence-corrected chi connectivity index (χ0v) is 6.56. The van der Waals surface area contributed by atoms with Crippen molar-refractivity contribution in [2.75, 3.05) is 13.6 Å². The van der Waals surface area contributed by atoms with E-state index in [2.05, 4.69) is 5.32 Å². The van der Waals surface area contributed by atoms with Crippen molar-refractivity contribution in [2.24, 2.45) is 0 Å². The molecule has 1 aliphatic heterocycles. The number of hydrogen-bond acceptors (Lipinski definition) is 2. The van der Waals surface area contributed by atoms with E-state index < -0.39 is 0 Å². The van der Waals surface area contributed by atoms with Gasteiger partial charge in [-0.1, -0.05) is 13.8 Å². The predicted octanol–water partition coefficient (Wildman–Crippen LogP) is 0.645. The van der Waals surface area contributed by atoms with Crippen LogP contribution in [0.4, 0.5) is 4.79 Å². The molecule has 0 aromatic carbocycles. The van der Waals surface area contributed by atoms with E-state index in [1.165, 1.54) is 4.90 Å². The van der Waals surface area contributed by atoms with Crippen LogP contribution < -0.4 is 5.32 Å². The smallest absolute Gasteiger partial charge is 0.320 e. The van der Waals surface area contributed by atoms with Gasteiger partial charge in [0.15, 0.2) is 0 Å². The molecule has 4 heteroatoms. The van der Waals surface area contributed by atoms with Crippen molar-refractivity contribution in [3.05, 3.63) is 0 Å². The van der Waals surface area contributed by atoms with Gasteiger partial charge in [0.2, 0.25) is 0 Å². The fraction of sp³-hybridized carbons (Fsp3) is 0.667. The Labute approximate surface area is 60.7 Å². The Morgan fingerprint density at radius 1 is 1.60 bits per heavy atom. The van der Waals surface area contributed by atoms with E-state index in [9.17, 15) is 4.79 Å². The molecule has 1 heterocycles. The van der Waals surface area contributed by atoms with E-state index in [1.807, 2.05) is 13.8 Å². The number of carbonyl (C=O) groups is 1. The molecule has 2 N–H and O–H groups in total. The molecule has 2 amide bonds. The summed E-state index contributed by atoms with van der Waals surface area (Å²) in [6.45, 7) is 4.42. The maximum absolute atomic E-state index is 10.5. The number of nitrogens with zero attached hydrogens (tertiary/aromatic N) is 1. The molecule has 10 heavy (non-hydrogen) atoms. The summed E-state index contributed by atoms with van der Waals surface area (Å²) in [7, 11) is 1.65. The molecule has 0 bridgehead atoms. The maximum atomic E-state index is 10.5. The molecule has 0 aromatic rings. The largest absolute Gasteiger partial charge is 0.322 e. The number of nitrogens with one attached hydrogen (secondary N) is 2. The molecule has 58 valence electrons. The third kappa shape index (κ3) is 2.05. The Balaban J connectivity index is 0.000000371. The van der Waals surface area contributed by atoms with Gasteiger partial charge < -0.3 is 4.90 Å². The number of amides is 2. The molecule has 0 aliphatic carbocycles. The third-order valence-electron chi connectivity index (χ3n) is 1.000. The number of urea groups is 1. The van der Waals surface area contributed by atoms with Crippen molar-refractivity contribution >= 4 is 11.9 Å². The molecular weight excluding hydrogens is 130 g/mol. The van der Waals surface area contributed by atoms with E-state index in [1.54, 1.807) is 7.05 Å². The van der Waals surface area contributed by atoms with Crippen molar-refractivity contribution in [3.8, 4) is 0 Å². The molecular formula is C6H13N3O. The van der Waals surface area contributed by atoms with Crippen LogP contribution in [0.1, 0.15) is 13.8 Å². The van der Waals surface area contributed by atoms with Gasteiger partial charge in [0.05, 0.1) is 6.54 Å². The number of carbonyl (C=O) groups excluding carboxylic acids is 1. The predicted molar refractivity (Wildman–Crippen MR) is 40.2 cm³/mol. The normalized spacial score (nSPS) is 16.1. The molecule has 0 unspecified atom stereocenters. The molecule has 0 radical (unpaired) electrons. The van der Waals surface area contributed by atoms with Crippen LogP contribution in [0.2, 0.25) is 0 Å². The second-order valence-corrected chi connectivity index (χ2v) is 1.76. The average molecular weight is 143 g/mol. The topological polar surface area (TPSA) is 56.2 Å². The molecule has 4 nitrogen and oxygen atoms in total. The molecule has 0 aromatic heterocycles. The Hall–Kier alpha value is -1.06. The molecule has 1 aliphatic rings. The van der Waals surface area contributed by atoms with Crippen molar-refractivity contribution < 1.29 is 4.79 Å². The lowest BCUT2D eigenvalue weighted by Crippen LogP contribution is -2.24. The van der Waals surface area contributed by atoms with Crippen molar-refractivity contribution in [2.45, 2.75) is 13.8 Å². The summed E-state index contributed by atoms with van der Waals surface area (Å²) in [6.07, 6.45) is 0. The zero-order chi connectivity index (χ0) is 8.15. The van der Waals surface area contributed by atoms with Crippen LogP contribution >= 0.6 is 0 Å². The van der Waals surface area contributed by atoms with Crippen LogP contribution in [-0.4, -0.2) is 30.4 Å². The van der Waals surface area contributed by atoms with Gasteiger partial charge in [-0.05, 0) is 0 Å². The fourth-order valence-electron chi connectivity index (χ4n) is 0.573. The second kappa shape index (κ2) is 3.87. The molecule has 0 atom stereocenters. The highest BCUT2D eigenvalue weighted by molar-refractivity contribution is 6.03. The van der Waals surface area contributed by atoms with Gasteiger partial charge in [-0.3, -0.25) is 10.7 Å². The number of rotatable bonds is 0. The summed E-state index contributed by atoms with van der Waals surface area (Å²) in [6, 6.07) is -0.185. The van der Waals surface area contributed by atoms with Crippen LogP contribution in [0.15, 0.2) is 0 Å². The summed E-state index contributed by atoms with van der Waals surface area (Å²) in [5.41, 5.74) is 0. The standard InChI is InChI=1S/C4H7N3O.C2H6/c1-7-2-3(5)6-4(7)8;1-2/h2H2,1H3,(H2,5,6,8);1-2H3. The van der Waals surface area contributed by atoms with E-state index >= 15 is 0 Å². The van der Waals surface area contributed by atoms with Crippen molar-refractivity contribution in [1.82, 2.24) is 10.2 Å². The van der Waals surface area contributed by atoms with Crippen molar-refractivity contribution in [1.29, 1.82) is 5.41 Å². The lowest BCUT2D eigenvalue weighted by molar-refractivity contribution is 0.226. The van der Waals surface area contributed by atoms with Crippen LogP contribution in [0.3, 0.4) is 0 Å². The maximum Gasteiger partial charge on any atom is 0.322 e. The summed E-state index contributed by atoms with van der Waals surface area (Å²) in [4.78, 5) is 11.9. The summed E-state index contributed by atoms with van der Waals surface area (Å²) in [5, 5.41) is 9.27. The van der Waals surface area contributed by atoms with Crippen LogP contribution in [0.25, 0.3) is 0 Å². The Morgan fingerprint density at radius 3 is 2.20 bits per heavy atom. The Bertz CT molecular complexity index is 144. The monoisotopic (exact) mass is 143 g/mol. The van der Waals surface area contributed by atoms with Gasteiger partial charge in [0, 0.05) is 7.05 Å². The van der Waals surface area contributed by atoms with E-state index in [0.29, 0.717) is 6.54 Å². The zero-order valence-electron chi connectivity index (χ0n) is 6.56. The minimum Gasteiger partial charge on any atom is -0.320 e.